The molecule has 0 bridgehead atoms. The number of rotatable bonds is 4. The van der Waals surface area contributed by atoms with Gasteiger partial charge >= 0.3 is 0 Å². The minimum absolute atomic E-state index is 0.204. The number of nitrogen functional groups attached to an aromatic ring is 1. The fourth-order valence-electron chi connectivity index (χ4n) is 0.750. The van der Waals surface area contributed by atoms with Crippen LogP contribution in [0.1, 0.15) is 5.69 Å². The van der Waals surface area contributed by atoms with Gasteiger partial charge in [0.05, 0.1) is 5.69 Å². The van der Waals surface area contributed by atoms with E-state index in [-0.39, 0.29) is 6.61 Å². The summed E-state index contributed by atoms with van der Waals surface area (Å²) in [5, 5.41) is 3.34. The van der Waals surface area contributed by atoms with Gasteiger partial charge in [-0.2, -0.15) is 0 Å². The van der Waals surface area contributed by atoms with Gasteiger partial charge in [0, 0.05) is 0 Å². The van der Waals surface area contributed by atoms with Crippen LogP contribution in [-0.2, 0) is 16.2 Å². The Balaban J connectivity index is 2.45. The molecular formula is C8H9N3O2. The number of carbonyl (C=O) groups excluding carboxylic acids is 1. The van der Waals surface area contributed by atoms with Crippen molar-refractivity contribution in [1.82, 2.24) is 4.98 Å². The lowest BCUT2D eigenvalue weighted by Gasteiger charge is -1.98. The van der Waals surface area contributed by atoms with E-state index in [0.717, 1.165) is 6.21 Å². The second-order valence-electron chi connectivity index (χ2n) is 2.22. The van der Waals surface area contributed by atoms with Gasteiger partial charge in [0.1, 0.15) is 12.0 Å². The van der Waals surface area contributed by atoms with Crippen molar-refractivity contribution in [2.24, 2.45) is 5.16 Å². The van der Waals surface area contributed by atoms with Crippen molar-refractivity contribution in [2.45, 2.75) is 6.61 Å². The van der Waals surface area contributed by atoms with E-state index in [9.17, 15) is 4.79 Å². The highest BCUT2D eigenvalue weighted by Crippen LogP contribution is 2.01. The fraction of sp³-hybridized carbons (Fsp3) is 0.125. The molecule has 5 heteroatoms. The zero-order chi connectivity index (χ0) is 9.52. The molecule has 0 atom stereocenters. The second-order valence-corrected chi connectivity index (χ2v) is 2.22. The third-order valence-electron chi connectivity index (χ3n) is 1.24. The standard InChI is InChI=1S/C8H9N3O2/c9-8-3-1-2-7(11-8)6-13-10-4-5-12/h1-5H,6H2,(H2,9,11). The molecule has 5 nitrogen and oxygen atoms in total. The van der Waals surface area contributed by atoms with Gasteiger partial charge in [-0.25, -0.2) is 4.98 Å². The third-order valence-corrected chi connectivity index (χ3v) is 1.24. The van der Waals surface area contributed by atoms with Gasteiger partial charge in [-0.3, -0.25) is 4.79 Å². The second kappa shape index (κ2) is 4.87. The zero-order valence-electron chi connectivity index (χ0n) is 6.88. The Morgan fingerprint density at radius 1 is 1.62 bits per heavy atom. The maximum absolute atomic E-state index is 9.81. The molecule has 0 amide bonds. The summed E-state index contributed by atoms with van der Waals surface area (Å²) >= 11 is 0. The number of hydrogen-bond donors (Lipinski definition) is 1. The molecule has 0 saturated carbocycles. The molecule has 0 aliphatic heterocycles. The Kier molecular flexibility index (Phi) is 3.44. The summed E-state index contributed by atoms with van der Waals surface area (Å²) in [6, 6.07) is 5.20. The van der Waals surface area contributed by atoms with Crippen LogP contribution in [0.5, 0.6) is 0 Å². The molecular weight excluding hydrogens is 170 g/mol. The average Bonchev–Trinajstić information content (AvgIpc) is 2.13. The van der Waals surface area contributed by atoms with E-state index in [0.29, 0.717) is 17.8 Å². The van der Waals surface area contributed by atoms with Crippen molar-refractivity contribution >= 4 is 18.3 Å². The highest BCUT2D eigenvalue weighted by Gasteiger charge is 1.93. The molecule has 0 aromatic carbocycles. The molecule has 1 aromatic rings. The molecule has 1 heterocycles. The molecule has 0 unspecified atom stereocenters. The molecule has 1 rings (SSSR count). The number of aldehydes is 1. The predicted octanol–water partition coefficient (Wildman–Crippen LogP) is 0.365. The maximum atomic E-state index is 9.81. The summed E-state index contributed by atoms with van der Waals surface area (Å²) in [6.07, 6.45) is 1.55. The minimum Gasteiger partial charge on any atom is -0.389 e. The SMILES string of the molecule is Nc1cccc(CON=CC=O)n1. The summed E-state index contributed by atoms with van der Waals surface area (Å²) < 4.78 is 0. The first kappa shape index (κ1) is 9.18. The first-order chi connectivity index (χ1) is 6.33. The Morgan fingerprint density at radius 2 is 2.46 bits per heavy atom. The van der Waals surface area contributed by atoms with Crippen LogP contribution in [0.3, 0.4) is 0 Å². The van der Waals surface area contributed by atoms with E-state index >= 15 is 0 Å². The number of oxime groups is 1. The van der Waals surface area contributed by atoms with Crippen LogP contribution in [0, 0.1) is 0 Å². The van der Waals surface area contributed by atoms with Gasteiger partial charge in [-0.05, 0) is 12.1 Å². The lowest BCUT2D eigenvalue weighted by molar-refractivity contribution is -0.102. The molecule has 2 N–H and O–H groups in total. The molecule has 0 aliphatic rings. The van der Waals surface area contributed by atoms with Crippen molar-refractivity contribution in [1.29, 1.82) is 0 Å². The van der Waals surface area contributed by atoms with Crippen LogP contribution in [0.4, 0.5) is 5.82 Å². The highest BCUT2D eigenvalue weighted by molar-refractivity contribution is 6.12. The number of nitrogens with two attached hydrogens (primary N) is 1. The molecule has 1 aromatic heterocycles. The van der Waals surface area contributed by atoms with Crippen LogP contribution in [0.2, 0.25) is 0 Å². The molecule has 68 valence electrons. The number of anilines is 1. The summed E-state index contributed by atoms with van der Waals surface area (Å²) in [4.78, 5) is 18.5. The lowest BCUT2D eigenvalue weighted by Crippen LogP contribution is -1.96. The third kappa shape index (κ3) is 3.33. The van der Waals surface area contributed by atoms with E-state index in [4.69, 9.17) is 10.6 Å². The van der Waals surface area contributed by atoms with Gasteiger partial charge in [0.25, 0.3) is 0 Å². The fourth-order valence-corrected chi connectivity index (χ4v) is 0.750. The summed E-state index contributed by atoms with van der Waals surface area (Å²) in [6.45, 7) is 0.204. The number of pyridine rings is 1. The number of hydrogen-bond acceptors (Lipinski definition) is 5. The number of carbonyl (C=O) groups is 1. The first-order valence-corrected chi connectivity index (χ1v) is 3.63. The van der Waals surface area contributed by atoms with E-state index in [1.165, 1.54) is 0 Å². The predicted molar refractivity (Wildman–Crippen MR) is 48.0 cm³/mol. The molecule has 0 spiro atoms. The Morgan fingerprint density at radius 3 is 3.15 bits per heavy atom. The summed E-state index contributed by atoms with van der Waals surface area (Å²) in [5.41, 5.74) is 6.10. The quantitative estimate of drug-likeness (QED) is 0.411. The van der Waals surface area contributed by atoms with Crippen molar-refractivity contribution in [3.05, 3.63) is 23.9 Å². The van der Waals surface area contributed by atoms with Crippen molar-refractivity contribution in [3.8, 4) is 0 Å². The monoisotopic (exact) mass is 179 g/mol. The van der Waals surface area contributed by atoms with E-state index in [2.05, 4.69) is 10.1 Å². The van der Waals surface area contributed by atoms with Crippen LogP contribution in [0.25, 0.3) is 0 Å². The maximum Gasteiger partial charge on any atom is 0.164 e. The summed E-state index contributed by atoms with van der Waals surface area (Å²) in [5.74, 6) is 0.431. The highest BCUT2D eigenvalue weighted by atomic mass is 16.6. The van der Waals surface area contributed by atoms with Gasteiger partial charge in [-0.1, -0.05) is 11.2 Å². The van der Waals surface area contributed by atoms with Crippen LogP contribution in [-0.4, -0.2) is 17.5 Å². The van der Waals surface area contributed by atoms with Crippen molar-refractivity contribution < 1.29 is 9.63 Å². The van der Waals surface area contributed by atoms with E-state index in [1.54, 1.807) is 18.2 Å². The smallest absolute Gasteiger partial charge is 0.164 e. The normalized spacial score (nSPS) is 10.2. The first-order valence-electron chi connectivity index (χ1n) is 3.63. The summed E-state index contributed by atoms with van der Waals surface area (Å²) in [7, 11) is 0. The molecule has 0 saturated heterocycles. The van der Waals surface area contributed by atoms with Crippen molar-refractivity contribution in [3.63, 3.8) is 0 Å². The van der Waals surface area contributed by atoms with E-state index in [1.807, 2.05) is 0 Å². The number of nitrogens with zero attached hydrogens (tertiary/aromatic N) is 2. The van der Waals surface area contributed by atoms with Crippen LogP contribution >= 0.6 is 0 Å². The van der Waals surface area contributed by atoms with Gasteiger partial charge < -0.3 is 10.6 Å². The zero-order valence-corrected chi connectivity index (χ0v) is 6.88. The Labute approximate surface area is 75.2 Å². The molecule has 0 radical (unpaired) electrons. The Bertz CT molecular complexity index is 312. The van der Waals surface area contributed by atoms with Gasteiger partial charge in [0.2, 0.25) is 0 Å². The number of aromatic nitrogens is 1. The Hall–Kier alpha value is -1.91. The molecule has 13 heavy (non-hydrogen) atoms. The van der Waals surface area contributed by atoms with Gasteiger partial charge in [0.15, 0.2) is 12.9 Å². The molecule has 0 aliphatic carbocycles. The molecule has 0 fully saturated rings. The largest absolute Gasteiger partial charge is 0.389 e. The lowest BCUT2D eigenvalue weighted by atomic mass is 10.3. The minimum atomic E-state index is 0.204. The van der Waals surface area contributed by atoms with Crippen LogP contribution in [0.15, 0.2) is 23.4 Å². The van der Waals surface area contributed by atoms with Crippen molar-refractivity contribution in [2.75, 3.05) is 5.73 Å². The topological polar surface area (TPSA) is 77.6 Å². The average molecular weight is 179 g/mol. The van der Waals surface area contributed by atoms with E-state index < -0.39 is 0 Å². The van der Waals surface area contributed by atoms with Gasteiger partial charge in [-0.15, -0.1) is 0 Å². The van der Waals surface area contributed by atoms with Crippen LogP contribution < -0.4 is 5.73 Å².